The van der Waals surface area contributed by atoms with E-state index in [2.05, 4.69) is 0 Å². The number of aliphatic hydroxyl groups is 1. The van der Waals surface area contributed by atoms with E-state index in [9.17, 15) is 4.79 Å². The standard InChI is InChI=1S/C16H29NO2/c1-17(16(19)10-7-13-3-2-4-13)15-8-5-14(6-9-15)11-12-18/h13-15,18H,2-12H2,1H3. The Morgan fingerprint density at radius 1 is 1.05 bits per heavy atom. The maximum absolute atomic E-state index is 12.2. The normalized spacial score (nSPS) is 27.9. The Morgan fingerprint density at radius 2 is 1.68 bits per heavy atom. The summed E-state index contributed by atoms with van der Waals surface area (Å²) in [6.07, 6.45) is 11.4. The van der Waals surface area contributed by atoms with Crippen LogP contribution in [0.4, 0.5) is 0 Å². The first-order valence-electron chi connectivity index (χ1n) is 8.07. The second kappa shape index (κ2) is 7.28. The SMILES string of the molecule is CN(C(=O)CCC1CCC1)C1CCC(CCO)CC1. The van der Waals surface area contributed by atoms with Crippen LogP contribution in [-0.4, -0.2) is 35.6 Å². The van der Waals surface area contributed by atoms with Gasteiger partial charge in [-0.2, -0.15) is 0 Å². The molecule has 0 radical (unpaired) electrons. The molecule has 0 spiro atoms. The molecule has 0 unspecified atom stereocenters. The van der Waals surface area contributed by atoms with Crippen LogP contribution in [0.5, 0.6) is 0 Å². The van der Waals surface area contributed by atoms with Crippen LogP contribution in [0, 0.1) is 11.8 Å². The maximum Gasteiger partial charge on any atom is 0.222 e. The van der Waals surface area contributed by atoms with Gasteiger partial charge < -0.3 is 10.0 Å². The van der Waals surface area contributed by atoms with Crippen molar-refractivity contribution in [3.05, 3.63) is 0 Å². The third-order valence-corrected chi connectivity index (χ3v) is 5.29. The highest BCUT2D eigenvalue weighted by Gasteiger charge is 2.27. The molecule has 3 heteroatoms. The van der Waals surface area contributed by atoms with Crippen LogP contribution in [0.15, 0.2) is 0 Å². The van der Waals surface area contributed by atoms with Gasteiger partial charge in [-0.25, -0.2) is 0 Å². The van der Waals surface area contributed by atoms with E-state index < -0.39 is 0 Å². The first-order valence-corrected chi connectivity index (χ1v) is 8.07. The van der Waals surface area contributed by atoms with Crippen LogP contribution >= 0.6 is 0 Å². The molecule has 3 nitrogen and oxygen atoms in total. The fourth-order valence-corrected chi connectivity index (χ4v) is 3.49. The van der Waals surface area contributed by atoms with Gasteiger partial charge in [-0.3, -0.25) is 4.79 Å². The molecule has 2 rings (SSSR count). The summed E-state index contributed by atoms with van der Waals surface area (Å²) in [4.78, 5) is 14.2. The van der Waals surface area contributed by atoms with E-state index in [0.717, 1.165) is 38.0 Å². The molecule has 0 bridgehead atoms. The summed E-state index contributed by atoms with van der Waals surface area (Å²) in [6.45, 7) is 0.311. The Morgan fingerprint density at radius 3 is 2.21 bits per heavy atom. The Bertz CT molecular complexity index is 280. The molecule has 2 aliphatic carbocycles. The van der Waals surface area contributed by atoms with Crippen molar-refractivity contribution >= 4 is 5.91 Å². The van der Waals surface area contributed by atoms with Crippen molar-refractivity contribution in [1.82, 2.24) is 4.90 Å². The van der Waals surface area contributed by atoms with Crippen molar-refractivity contribution < 1.29 is 9.90 Å². The Kier molecular flexibility index (Phi) is 5.68. The second-order valence-electron chi connectivity index (χ2n) is 6.53. The zero-order valence-corrected chi connectivity index (χ0v) is 12.3. The van der Waals surface area contributed by atoms with Crippen molar-refractivity contribution in [3.8, 4) is 0 Å². The van der Waals surface area contributed by atoms with E-state index >= 15 is 0 Å². The summed E-state index contributed by atoms with van der Waals surface area (Å²) in [7, 11) is 1.99. The summed E-state index contributed by atoms with van der Waals surface area (Å²) in [5.74, 6) is 1.86. The average Bonchev–Trinajstić information content (AvgIpc) is 2.37. The molecule has 19 heavy (non-hydrogen) atoms. The third-order valence-electron chi connectivity index (χ3n) is 5.29. The molecular weight excluding hydrogens is 238 g/mol. The van der Waals surface area contributed by atoms with Crippen molar-refractivity contribution in [2.75, 3.05) is 13.7 Å². The number of hydrogen-bond donors (Lipinski definition) is 1. The summed E-state index contributed by atoms with van der Waals surface area (Å²) in [5.41, 5.74) is 0. The largest absolute Gasteiger partial charge is 0.396 e. The summed E-state index contributed by atoms with van der Waals surface area (Å²) in [6, 6.07) is 0.448. The highest BCUT2D eigenvalue weighted by Crippen LogP contribution is 2.32. The van der Waals surface area contributed by atoms with Crippen LogP contribution in [0.1, 0.15) is 64.2 Å². The zero-order valence-electron chi connectivity index (χ0n) is 12.3. The monoisotopic (exact) mass is 267 g/mol. The molecule has 0 aromatic heterocycles. The minimum Gasteiger partial charge on any atom is -0.396 e. The number of nitrogens with zero attached hydrogens (tertiary/aromatic N) is 1. The van der Waals surface area contributed by atoms with Crippen LogP contribution in [0.2, 0.25) is 0 Å². The van der Waals surface area contributed by atoms with Crippen molar-refractivity contribution in [2.45, 2.75) is 70.3 Å². The first-order chi connectivity index (χ1) is 9.20. The van der Waals surface area contributed by atoms with E-state index in [0.29, 0.717) is 24.5 Å². The average molecular weight is 267 g/mol. The predicted octanol–water partition coefficient (Wildman–Crippen LogP) is 2.97. The molecule has 2 fully saturated rings. The fourth-order valence-electron chi connectivity index (χ4n) is 3.49. The molecule has 0 saturated heterocycles. The van der Waals surface area contributed by atoms with Gasteiger partial charge >= 0.3 is 0 Å². The van der Waals surface area contributed by atoms with Gasteiger partial charge in [0, 0.05) is 26.1 Å². The van der Waals surface area contributed by atoms with Crippen molar-refractivity contribution in [3.63, 3.8) is 0 Å². The molecule has 0 atom stereocenters. The lowest BCUT2D eigenvalue weighted by atomic mass is 9.81. The van der Waals surface area contributed by atoms with Gasteiger partial charge in [0.25, 0.3) is 0 Å². The van der Waals surface area contributed by atoms with Gasteiger partial charge in [-0.15, -0.1) is 0 Å². The summed E-state index contributed by atoms with van der Waals surface area (Å²) in [5, 5.41) is 8.97. The van der Waals surface area contributed by atoms with E-state index in [-0.39, 0.29) is 0 Å². The number of rotatable bonds is 6. The zero-order chi connectivity index (χ0) is 13.7. The molecule has 2 saturated carbocycles. The lowest BCUT2D eigenvalue weighted by Gasteiger charge is -2.35. The van der Waals surface area contributed by atoms with E-state index in [1.807, 2.05) is 11.9 Å². The van der Waals surface area contributed by atoms with Gasteiger partial charge in [-0.1, -0.05) is 19.3 Å². The van der Waals surface area contributed by atoms with Gasteiger partial charge in [0.2, 0.25) is 5.91 Å². The second-order valence-corrected chi connectivity index (χ2v) is 6.53. The fraction of sp³-hybridized carbons (Fsp3) is 0.938. The maximum atomic E-state index is 12.2. The minimum atomic E-state index is 0.311. The Labute approximate surface area is 117 Å². The van der Waals surface area contributed by atoms with Gasteiger partial charge in [0.05, 0.1) is 0 Å². The topological polar surface area (TPSA) is 40.5 Å². The molecule has 110 valence electrons. The van der Waals surface area contributed by atoms with Crippen LogP contribution in [0.3, 0.4) is 0 Å². The molecule has 1 amide bonds. The Hall–Kier alpha value is -0.570. The van der Waals surface area contributed by atoms with Crippen LogP contribution in [-0.2, 0) is 4.79 Å². The number of amides is 1. The number of hydrogen-bond acceptors (Lipinski definition) is 2. The Balaban J connectivity index is 1.67. The van der Waals surface area contributed by atoms with Crippen molar-refractivity contribution in [1.29, 1.82) is 0 Å². The van der Waals surface area contributed by atoms with Crippen LogP contribution < -0.4 is 0 Å². The van der Waals surface area contributed by atoms with E-state index in [1.165, 1.54) is 32.1 Å². The molecule has 0 aromatic rings. The molecule has 0 heterocycles. The van der Waals surface area contributed by atoms with Gasteiger partial charge in [-0.05, 0) is 50.4 Å². The first kappa shape index (κ1) is 14.8. The molecular formula is C16H29NO2. The van der Waals surface area contributed by atoms with Crippen molar-refractivity contribution in [2.24, 2.45) is 11.8 Å². The quantitative estimate of drug-likeness (QED) is 0.803. The predicted molar refractivity (Wildman–Crippen MR) is 76.8 cm³/mol. The number of carbonyl (C=O) groups excluding carboxylic acids is 1. The van der Waals surface area contributed by atoms with Gasteiger partial charge in [0.15, 0.2) is 0 Å². The summed E-state index contributed by atoms with van der Waals surface area (Å²) < 4.78 is 0. The molecule has 0 aromatic carbocycles. The highest BCUT2D eigenvalue weighted by atomic mass is 16.3. The minimum absolute atomic E-state index is 0.311. The van der Waals surface area contributed by atoms with E-state index in [1.54, 1.807) is 0 Å². The molecule has 1 N–H and O–H groups in total. The highest BCUT2D eigenvalue weighted by molar-refractivity contribution is 5.76. The smallest absolute Gasteiger partial charge is 0.222 e. The van der Waals surface area contributed by atoms with E-state index in [4.69, 9.17) is 5.11 Å². The lowest BCUT2D eigenvalue weighted by Crippen LogP contribution is -2.39. The number of aliphatic hydroxyl groups excluding tert-OH is 1. The van der Waals surface area contributed by atoms with Crippen LogP contribution in [0.25, 0.3) is 0 Å². The molecule has 2 aliphatic rings. The number of carbonyl (C=O) groups is 1. The third kappa shape index (κ3) is 4.20. The summed E-state index contributed by atoms with van der Waals surface area (Å²) >= 11 is 0. The lowest BCUT2D eigenvalue weighted by molar-refractivity contribution is -0.133. The molecule has 0 aliphatic heterocycles. The van der Waals surface area contributed by atoms with Gasteiger partial charge in [0.1, 0.15) is 0 Å².